The van der Waals surface area contributed by atoms with Gasteiger partial charge in [-0.1, -0.05) is 4.40 Å². The first kappa shape index (κ1) is 12.3. The van der Waals surface area contributed by atoms with Gasteiger partial charge in [-0.3, -0.25) is 5.10 Å². The molecule has 0 radical (unpaired) electrons. The predicted octanol–water partition coefficient (Wildman–Crippen LogP) is 1.99. The van der Waals surface area contributed by atoms with Crippen molar-refractivity contribution in [1.29, 1.82) is 0 Å². The Balaban J connectivity index is 2.90. The van der Waals surface area contributed by atoms with E-state index in [4.69, 9.17) is 0 Å². The molecule has 0 amide bonds. The fraction of sp³-hybridized carbons (Fsp3) is 0.600. The minimum absolute atomic E-state index is 0.328. The lowest BCUT2D eigenvalue weighted by atomic mass is 10.2. The highest BCUT2D eigenvalue weighted by molar-refractivity contribution is 7.91. The topological polar surface area (TPSA) is 64.1 Å². The summed E-state index contributed by atoms with van der Waals surface area (Å²) in [6.07, 6.45) is 1.80. The van der Waals surface area contributed by atoms with Gasteiger partial charge in [0.05, 0.1) is 0 Å². The van der Waals surface area contributed by atoms with Crippen molar-refractivity contribution >= 4 is 17.1 Å². The van der Waals surface area contributed by atoms with Gasteiger partial charge in [0.25, 0.3) is 0 Å². The summed E-state index contributed by atoms with van der Waals surface area (Å²) in [6.45, 7) is 9.47. The lowest BCUT2D eigenvalue weighted by molar-refractivity contribution is 0.561. The molecule has 0 aliphatic rings. The second-order valence-electron chi connectivity index (χ2n) is 4.46. The summed E-state index contributed by atoms with van der Waals surface area (Å²) in [4.78, 5) is 0. The molecule has 0 aromatic carbocycles. The van der Waals surface area contributed by atoms with Crippen LogP contribution in [0.25, 0.3) is 0 Å². The highest BCUT2D eigenvalue weighted by atomic mass is 32.2. The normalized spacial score (nSPS) is 15.5. The van der Waals surface area contributed by atoms with Crippen LogP contribution in [0.3, 0.4) is 0 Å². The minimum Gasteiger partial charge on any atom is -0.591 e. The smallest absolute Gasteiger partial charge is 0.144 e. The first-order chi connectivity index (χ1) is 6.82. The molecule has 5 heteroatoms. The van der Waals surface area contributed by atoms with E-state index in [-0.39, 0.29) is 4.75 Å². The molecular formula is C10H17N3OS. The minimum atomic E-state index is -1.23. The Morgan fingerprint density at radius 2 is 2.13 bits per heavy atom. The molecule has 15 heavy (non-hydrogen) atoms. The molecule has 1 aromatic heterocycles. The van der Waals surface area contributed by atoms with E-state index in [1.165, 1.54) is 0 Å². The molecule has 0 fully saturated rings. The van der Waals surface area contributed by atoms with E-state index in [0.29, 0.717) is 5.71 Å². The number of aryl methyl sites for hydroxylation is 1. The van der Waals surface area contributed by atoms with Crippen LogP contribution in [-0.4, -0.2) is 25.2 Å². The van der Waals surface area contributed by atoms with Gasteiger partial charge >= 0.3 is 0 Å². The number of nitrogens with one attached hydrogen (secondary N) is 1. The van der Waals surface area contributed by atoms with Gasteiger partial charge in [-0.05, 0) is 40.2 Å². The zero-order valence-corrected chi connectivity index (χ0v) is 10.6. The molecule has 4 nitrogen and oxygen atoms in total. The van der Waals surface area contributed by atoms with E-state index >= 15 is 0 Å². The quantitative estimate of drug-likeness (QED) is 0.620. The number of hydrogen-bond donors (Lipinski definition) is 1. The van der Waals surface area contributed by atoms with Crippen molar-refractivity contribution < 1.29 is 4.55 Å². The van der Waals surface area contributed by atoms with E-state index in [2.05, 4.69) is 14.6 Å². The molecule has 0 saturated carbocycles. The summed E-state index contributed by atoms with van der Waals surface area (Å²) in [5.74, 6) is 0. The third kappa shape index (κ3) is 3.07. The highest BCUT2D eigenvalue weighted by Crippen LogP contribution is 2.18. The molecule has 1 rings (SSSR count). The Morgan fingerprint density at radius 1 is 1.53 bits per heavy atom. The Hall–Kier alpha value is -0.810. The molecule has 1 unspecified atom stereocenters. The number of rotatable bonds is 2. The van der Waals surface area contributed by atoms with Crippen molar-refractivity contribution in [2.24, 2.45) is 4.40 Å². The number of H-pyrrole nitrogens is 1. The van der Waals surface area contributed by atoms with Crippen molar-refractivity contribution in [2.45, 2.75) is 39.4 Å². The molecule has 0 spiro atoms. The van der Waals surface area contributed by atoms with Gasteiger partial charge in [-0.15, -0.1) is 0 Å². The van der Waals surface area contributed by atoms with Crippen molar-refractivity contribution in [2.75, 3.05) is 0 Å². The van der Waals surface area contributed by atoms with Crippen LogP contribution in [0.2, 0.25) is 0 Å². The number of aromatic amines is 1. The molecule has 1 atom stereocenters. The van der Waals surface area contributed by atoms with Gasteiger partial charge in [0.2, 0.25) is 0 Å². The largest absolute Gasteiger partial charge is 0.591 e. The molecule has 1 heterocycles. The third-order valence-electron chi connectivity index (χ3n) is 1.92. The zero-order chi connectivity index (χ0) is 11.6. The van der Waals surface area contributed by atoms with Crippen molar-refractivity contribution in [3.05, 3.63) is 17.5 Å². The van der Waals surface area contributed by atoms with Crippen LogP contribution in [0.4, 0.5) is 0 Å². The van der Waals surface area contributed by atoms with Gasteiger partial charge < -0.3 is 4.55 Å². The summed E-state index contributed by atoms with van der Waals surface area (Å²) >= 11 is -1.23. The molecule has 0 bridgehead atoms. The van der Waals surface area contributed by atoms with Crippen molar-refractivity contribution in [3.63, 3.8) is 0 Å². The summed E-state index contributed by atoms with van der Waals surface area (Å²) in [7, 11) is 0. The van der Waals surface area contributed by atoms with E-state index in [0.717, 1.165) is 11.3 Å². The predicted molar refractivity (Wildman–Crippen MR) is 63.4 cm³/mol. The monoisotopic (exact) mass is 227 g/mol. The third-order valence-corrected chi connectivity index (χ3v) is 3.40. The summed E-state index contributed by atoms with van der Waals surface area (Å²) in [6, 6.07) is 0. The molecule has 1 N–H and O–H groups in total. The van der Waals surface area contributed by atoms with E-state index in [1.54, 1.807) is 6.20 Å². The van der Waals surface area contributed by atoms with E-state index in [1.807, 2.05) is 34.6 Å². The van der Waals surface area contributed by atoms with Crippen LogP contribution in [0.1, 0.15) is 39.0 Å². The average molecular weight is 227 g/mol. The van der Waals surface area contributed by atoms with Crippen LogP contribution in [0.15, 0.2) is 10.6 Å². The maximum atomic E-state index is 11.8. The van der Waals surface area contributed by atoms with Crippen LogP contribution >= 0.6 is 0 Å². The molecule has 84 valence electrons. The zero-order valence-electron chi connectivity index (χ0n) is 9.79. The molecular weight excluding hydrogens is 210 g/mol. The van der Waals surface area contributed by atoms with Gasteiger partial charge in [-0.2, -0.15) is 5.10 Å². The first-order valence-corrected chi connectivity index (χ1v) is 5.91. The maximum Gasteiger partial charge on any atom is 0.144 e. The molecule has 0 aliphatic heterocycles. The Morgan fingerprint density at radius 3 is 2.53 bits per heavy atom. The number of aromatic nitrogens is 2. The second-order valence-corrected chi connectivity index (χ2v) is 6.36. The lowest BCUT2D eigenvalue weighted by Gasteiger charge is -2.18. The average Bonchev–Trinajstić information content (AvgIpc) is 2.49. The van der Waals surface area contributed by atoms with Crippen LogP contribution in [0, 0.1) is 6.92 Å². The van der Waals surface area contributed by atoms with Crippen molar-refractivity contribution in [3.8, 4) is 0 Å². The summed E-state index contributed by atoms with van der Waals surface area (Å²) < 4.78 is 15.6. The fourth-order valence-electron chi connectivity index (χ4n) is 1.02. The molecule has 0 saturated heterocycles. The second kappa shape index (κ2) is 4.37. The van der Waals surface area contributed by atoms with Gasteiger partial charge in [0, 0.05) is 6.20 Å². The Labute approximate surface area is 93.5 Å². The standard InChI is InChI=1S/C10H17N3OS/c1-7-6-11-12-9(7)8(2)13-15(14)10(3,4)5/h6H,1-5H3,(H,11,12)/b13-8+. The summed E-state index contributed by atoms with van der Waals surface area (Å²) in [5.41, 5.74) is 2.51. The maximum absolute atomic E-state index is 11.8. The Bertz CT molecular complexity index is 365. The SMILES string of the molecule is C/C(=N\[S+]([O-])C(C)(C)C)c1n[nH]cc1C. The van der Waals surface area contributed by atoms with Crippen LogP contribution in [-0.2, 0) is 11.4 Å². The van der Waals surface area contributed by atoms with E-state index in [9.17, 15) is 4.55 Å². The van der Waals surface area contributed by atoms with E-state index < -0.39 is 11.4 Å². The number of nitrogens with zero attached hydrogens (tertiary/aromatic N) is 2. The number of hydrogen-bond acceptors (Lipinski definition) is 3. The molecule has 1 aromatic rings. The highest BCUT2D eigenvalue weighted by Gasteiger charge is 2.27. The van der Waals surface area contributed by atoms with Crippen LogP contribution < -0.4 is 0 Å². The summed E-state index contributed by atoms with van der Waals surface area (Å²) in [5, 5.41) is 6.82. The first-order valence-electron chi connectivity index (χ1n) is 4.80. The fourth-order valence-corrected chi connectivity index (χ4v) is 1.63. The lowest BCUT2D eigenvalue weighted by Crippen LogP contribution is -2.26. The van der Waals surface area contributed by atoms with Gasteiger partial charge in [0.15, 0.2) is 0 Å². The van der Waals surface area contributed by atoms with Crippen molar-refractivity contribution in [1.82, 2.24) is 10.2 Å². The van der Waals surface area contributed by atoms with Gasteiger partial charge in [-0.25, -0.2) is 0 Å². The van der Waals surface area contributed by atoms with Gasteiger partial charge in [0.1, 0.15) is 27.5 Å². The Kier molecular flexibility index (Phi) is 3.57. The van der Waals surface area contributed by atoms with Crippen LogP contribution in [0.5, 0.6) is 0 Å². The molecule has 0 aliphatic carbocycles.